The van der Waals surface area contributed by atoms with E-state index in [0.29, 0.717) is 37.7 Å². The zero-order chi connectivity index (χ0) is 23.9. The average Bonchev–Trinajstić information content (AvgIpc) is 2.94. The van der Waals surface area contributed by atoms with Crippen molar-refractivity contribution in [3.05, 3.63) is 96.1 Å². The molecule has 6 heteroatoms. The molecule has 182 valence electrons. The fraction of sp³-hybridized carbons (Fsp3) is 0.345. The van der Waals surface area contributed by atoms with Gasteiger partial charge in [0.1, 0.15) is 11.5 Å². The Balaban J connectivity index is 1.46. The van der Waals surface area contributed by atoms with Gasteiger partial charge in [-0.05, 0) is 42.0 Å². The van der Waals surface area contributed by atoms with Crippen LogP contribution < -0.4 is 4.74 Å². The number of ether oxygens (including phenoxy) is 3. The summed E-state index contributed by atoms with van der Waals surface area (Å²) in [5.41, 5.74) is 1.85. The molecular formula is C29H32N2O4. The topological polar surface area (TPSA) is 51.2 Å². The van der Waals surface area contributed by atoms with Gasteiger partial charge in [0.15, 0.2) is 5.78 Å². The second kappa shape index (κ2) is 11.6. The summed E-state index contributed by atoms with van der Waals surface area (Å²) in [7, 11) is 0. The van der Waals surface area contributed by atoms with Gasteiger partial charge in [0.05, 0.1) is 38.5 Å². The molecule has 0 amide bonds. The van der Waals surface area contributed by atoms with E-state index >= 15 is 0 Å². The molecular weight excluding hydrogens is 440 g/mol. The van der Waals surface area contributed by atoms with E-state index in [-0.39, 0.29) is 17.9 Å². The van der Waals surface area contributed by atoms with Gasteiger partial charge in [-0.2, -0.15) is 0 Å². The highest BCUT2D eigenvalue weighted by Gasteiger charge is 2.39. The Morgan fingerprint density at radius 3 is 1.77 bits per heavy atom. The summed E-state index contributed by atoms with van der Waals surface area (Å²) in [6.07, 6.45) is 0. The molecule has 2 heterocycles. The number of hydrogen-bond donors (Lipinski definition) is 0. The number of rotatable bonds is 8. The molecule has 6 nitrogen and oxygen atoms in total. The molecule has 0 aromatic heterocycles. The summed E-state index contributed by atoms with van der Waals surface area (Å²) in [5, 5.41) is 0. The van der Waals surface area contributed by atoms with Crippen molar-refractivity contribution in [2.24, 2.45) is 0 Å². The number of carbonyl (C=O) groups excluding carboxylic acids is 1. The summed E-state index contributed by atoms with van der Waals surface area (Å²) in [6, 6.07) is 27.2. The first kappa shape index (κ1) is 23.7. The maximum Gasteiger partial charge on any atom is 0.181 e. The Labute approximate surface area is 207 Å². The molecule has 0 N–H and O–H groups in total. The van der Waals surface area contributed by atoms with Gasteiger partial charge in [-0.1, -0.05) is 48.5 Å². The molecule has 5 rings (SSSR count). The predicted molar refractivity (Wildman–Crippen MR) is 135 cm³/mol. The van der Waals surface area contributed by atoms with Crippen LogP contribution in [-0.4, -0.2) is 74.2 Å². The highest BCUT2D eigenvalue weighted by atomic mass is 16.5. The van der Waals surface area contributed by atoms with E-state index in [1.807, 2.05) is 60.7 Å². The van der Waals surface area contributed by atoms with Crippen LogP contribution >= 0.6 is 0 Å². The molecule has 2 atom stereocenters. The number of ketones is 1. The number of benzene rings is 3. The third-order valence-corrected chi connectivity index (χ3v) is 6.70. The monoisotopic (exact) mass is 472 g/mol. The van der Waals surface area contributed by atoms with Crippen molar-refractivity contribution < 1.29 is 19.0 Å². The quantitative estimate of drug-likeness (QED) is 0.452. The minimum Gasteiger partial charge on any atom is -0.457 e. The van der Waals surface area contributed by atoms with Gasteiger partial charge >= 0.3 is 0 Å². The summed E-state index contributed by atoms with van der Waals surface area (Å²) in [5.74, 6) is 1.61. The summed E-state index contributed by atoms with van der Waals surface area (Å²) in [4.78, 5) is 18.9. The Kier molecular flexibility index (Phi) is 7.85. The van der Waals surface area contributed by atoms with Crippen LogP contribution in [0, 0.1) is 0 Å². The Bertz CT molecular complexity index is 1060. The zero-order valence-electron chi connectivity index (χ0n) is 19.9. The van der Waals surface area contributed by atoms with Crippen LogP contribution in [0.2, 0.25) is 0 Å². The minimum atomic E-state index is -0.319. The smallest absolute Gasteiger partial charge is 0.181 e. The highest BCUT2D eigenvalue weighted by Crippen LogP contribution is 2.32. The maximum atomic E-state index is 14.2. The number of hydrogen-bond acceptors (Lipinski definition) is 6. The molecule has 0 saturated carbocycles. The lowest BCUT2D eigenvalue weighted by atomic mass is 9.89. The van der Waals surface area contributed by atoms with Gasteiger partial charge in [0.25, 0.3) is 0 Å². The van der Waals surface area contributed by atoms with Gasteiger partial charge in [-0.25, -0.2) is 0 Å². The summed E-state index contributed by atoms with van der Waals surface area (Å²) < 4.78 is 17.2. The molecule has 3 aromatic rings. The van der Waals surface area contributed by atoms with Crippen LogP contribution in [0.4, 0.5) is 0 Å². The van der Waals surface area contributed by atoms with Crippen LogP contribution in [-0.2, 0) is 9.47 Å². The standard InChI is InChI=1S/C29H32N2O4/c32-29(24-11-13-26(14-12-24)35-25-9-5-2-6-10-25)28(31-17-21-34-22-18-31)27(23-7-3-1-4-8-23)30-15-19-33-20-16-30/h1-14,27-28H,15-22H2/t27-,28+/m1/s1. The van der Waals surface area contributed by atoms with Gasteiger partial charge in [0, 0.05) is 31.7 Å². The first-order valence-electron chi connectivity index (χ1n) is 12.4. The van der Waals surface area contributed by atoms with Gasteiger partial charge in [0.2, 0.25) is 0 Å². The van der Waals surface area contributed by atoms with E-state index in [9.17, 15) is 4.79 Å². The Hall–Kier alpha value is -3.03. The van der Waals surface area contributed by atoms with Crippen molar-refractivity contribution in [3.8, 4) is 11.5 Å². The number of Topliss-reactive ketones (excluding diaryl/α,β-unsaturated/α-hetero) is 1. The molecule has 2 fully saturated rings. The van der Waals surface area contributed by atoms with E-state index < -0.39 is 0 Å². The van der Waals surface area contributed by atoms with E-state index in [0.717, 1.165) is 37.5 Å². The van der Waals surface area contributed by atoms with Crippen molar-refractivity contribution in [1.29, 1.82) is 0 Å². The second-order valence-electron chi connectivity index (χ2n) is 8.90. The van der Waals surface area contributed by atoms with Crippen molar-refractivity contribution in [2.75, 3.05) is 52.6 Å². The molecule has 0 radical (unpaired) electrons. The van der Waals surface area contributed by atoms with Crippen LogP contribution in [0.3, 0.4) is 0 Å². The zero-order valence-corrected chi connectivity index (χ0v) is 19.9. The average molecular weight is 473 g/mol. The molecule has 2 aliphatic heterocycles. The molecule has 0 aliphatic carbocycles. The SMILES string of the molecule is O=C(c1ccc(Oc2ccccc2)cc1)[C@H]([C@@H](c1ccccc1)N1CCOCC1)N1CCOCC1. The van der Waals surface area contributed by atoms with Crippen LogP contribution in [0.25, 0.3) is 0 Å². The Morgan fingerprint density at radius 1 is 0.657 bits per heavy atom. The van der Waals surface area contributed by atoms with Gasteiger partial charge in [-0.3, -0.25) is 14.6 Å². The van der Waals surface area contributed by atoms with E-state index in [1.165, 1.54) is 0 Å². The molecule has 3 aromatic carbocycles. The van der Waals surface area contributed by atoms with Crippen LogP contribution in [0.5, 0.6) is 11.5 Å². The van der Waals surface area contributed by atoms with Gasteiger partial charge < -0.3 is 14.2 Å². The normalized spacial score (nSPS) is 19.1. The molecule has 2 saturated heterocycles. The lowest BCUT2D eigenvalue weighted by Crippen LogP contribution is -2.55. The highest BCUT2D eigenvalue weighted by molar-refractivity contribution is 6.00. The maximum absolute atomic E-state index is 14.2. The summed E-state index contributed by atoms with van der Waals surface area (Å²) >= 11 is 0. The number of morpholine rings is 2. The van der Waals surface area contributed by atoms with E-state index in [4.69, 9.17) is 14.2 Å². The molecule has 35 heavy (non-hydrogen) atoms. The first-order valence-corrected chi connectivity index (χ1v) is 12.4. The minimum absolute atomic E-state index is 0.0639. The third-order valence-electron chi connectivity index (χ3n) is 6.70. The van der Waals surface area contributed by atoms with E-state index in [1.54, 1.807) is 0 Å². The predicted octanol–water partition coefficient (Wildman–Crippen LogP) is 4.44. The van der Waals surface area contributed by atoms with Gasteiger partial charge in [-0.15, -0.1) is 0 Å². The largest absolute Gasteiger partial charge is 0.457 e. The fourth-order valence-corrected chi connectivity index (χ4v) is 4.95. The van der Waals surface area contributed by atoms with E-state index in [2.05, 4.69) is 34.1 Å². The molecule has 2 aliphatic rings. The van der Waals surface area contributed by atoms with Crippen molar-refractivity contribution in [3.63, 3.8) is 0 Å². The second-order valence-corrected chi connectivity index (χ2v) is 8.90. The van der Waals surface area contributed by atoms with Crippen molar-refractivity contribution in [2.45, 2.75) is 12.1 Å². The van der Waals surface area contributed by atoms with Crippen molar-refractivity contribution in [1.82, 2.24) is 9.80 Å². The molecule has 0 unspecified atom stereocenters. The first-order chi connectivity index (χ1) is 17.3. The number of para-hydroxylation sites is 1. The van der Waals surface area contributed by atoms with Crippen molar-refractivity contribution >= 4 is 5.78 Å². The lowest BCUT2D eigenvalue weighted by molar-refractivity contribution is -0.0301. The fourth-order valence-electron chi connectivity index (χ4n) is 4.95. The molecule has 0 bridgehead atoms. The number of nitrogens with zero attached hydrogens (tertiary/aromatic N) is 2. The van der Waals surface area contributed by atoms with Crippen LogP contribution in [0.15, 0.2) is 84.9 Å². The van der Waals surface area contributed by atoms with Crippen LogP contribution in [0.1, 0.15) is 22.0 Å². The summed E-state index contributed by atoms with van der Waals surface area (Å²) in [6.45, 7) is 5.71. The third kappa shape index (κ3) is 5.80. The number of carbonyl (C=O) groups is 1. The lowest BCUT2D eigenvalue weighted by Gasteiger charge is -2.44. The molecule has 0 spiro atoms. The Morgan fingerprint density at radius 2 is 1.17 bits per heavy atom.